The highest BCUT2D eigenvalue weighted by Crippen LogP contribution is 2.32. The van der Waals surface area contributed by atoms with Gasteiger partial charge in [-0.3, -0.25) is 4.79 Å². The minimum absolute atomic E-state index is 0.0243. The van der Waals surface area contributed by atoms with Crippen molar-refractivity contribution in [3.63, 3.8) is 0 Å². The van der Waals surface area contributed by atoms with E-state index >= 15 is 0 Å². The first-order chi connectivity index (χ1) is 7.27. The van der Waals surface area contributed by atoms with E-state index in [0.29, 0.717) is 0 Å². The predicted octanol–water partition coefficient (Wildman–Crippen LogP) is 3.16. The minimum atomic E-state index is -4.85. The normalized spacial score (nSPS) is 11.9. The van der Waals surface area contributed by atoms with E-state index in [0.717, 1.165) is 6.92 Å². The summed E-state index contributed by atoms with van der Waals surface area (Å²) in [4.78, 5) is 13.4. The maximum absolute atomic E-state index is 12.4. The molecule has 0 bridgehead atoms. The summed E-state index contributed by atoms with van der Waals surface area (Å²) in [5.74, 6) is 0. The highest BCUT2D eigenvalue weighted by molar-refractivity contribution is 5.75. The molecule has 1 heterocycles. The van der Waals surface area contributed by atoms with Crippen LogP contribution in [0.15, 0.2) is 6.07 Å². The summed E-state index contributed by atoms with van der Waals surface area (Å²) >= 11 is 0. The van der Waals surface area contributed by atoms with E-state index in [-0.39, 0.29) is 17.9 Å². The van der Waals surface area contributed by atoms with Crippen LogP contribution in [0.25, 0.3) is 0 Å². The number of nitrogens with zero attached hydrogens (tertiary/aromatic N) is 1. The number of aldehydes is 1. The van der Waals surface area contributed by atoms with Crippen molar-refractivity contribution in [2.45, 2.75) is 19.5 Å². The molecule has 0 spiro atoms. The second-order valence-electron chi connectivity index (χ2n) is 3.02. The number of carbonyl (C=O) groups excluding carboxylic acids is 1. The van der Waals surface area contributed by atoms with Crippen LogP contribution in [0.1, 0.15) is 33.7 Å². The van der Waals surface area contributed by atoms with E-state index < -0.39 is 29.6 Å². The number of alkyl halides is 5. The molecule has 0 aliphatic heterocycles. The third-order valence-corrected chi connectivity index (χ3v) is 1.99. The molecule has 0 radical (unpaired) electrons. The monoisotopic (exact) mass is 239 g/mol. The maximum Gasteiger partial charge on any atom is 0.433 e. The van der Waals surface area contributed by atoms with Gasteiger partial charge in [0.2, 0.25) is 0 Å². The van der Waals surface area contributed by atoms with E-state index in [4.69, 9.17) is 0 Å². The summed E-state index contributed by atoms with van der Waals surface area (Å²) in [7, 11) is 0. The summed E-state index contributed by atoms with van der Waals surface area (Å²) in [6.45, 7) is 1.12. The SMILES string of the molecule is Cc1c(C(F)F)cc(C(F)(F)F)nc1C=O. The highest BCUT2D eigenvalue weighted by Gasteiger charge is 2.34. The Morgan fingerprint density at radius 2 is 1.94 bits per heavy atom. The van der Waals surface area contributed by atoms with Crippen molar-refractivity contribution < 1.29 is 26.7 Å². The van der Waals surface area contributed by atoms with Gasteiger partial charge in [0.15, 0.2) is 6.29 Å². The molecular formula is C9H6F5NO. The van der Waals surface area contributed by atoms with Crippen LogP contribution >= 0.6 is 0 Å². The van der Waals surface area contributed by atoms with Crippen LogP contribution in [0, 0.1) is 6.92 Å². The summed E-state index contributed by atoms with van der Waals surface area (Å²) in [6, 6.07) is 0.257. The summed E-state index contributed by atoms with van der Waals surface area (Å²) in [5, 5.41) is 0. The fourth-order valence-corrected chi connectivity index (χ4v) is 1.14. The van der Waals surface area contributed by atoms with Crippen molar-refractivity contribution >= 4 is 6.29 Å². The van der Waals surface area contributed by atoms with E-state index in [1.165, 1.54) is 0 Å². The Labute approximate surface area is 87.1 Å². The number of halogens is 5. The molecule has 0 saturated heterocycles. The average Bonchev–Trinajstić information content (AvgIpc) is 2.15. The Kier molecular flexibility index (Phi) is 3.25. The molecule has 0 aliphatic carbocycles. The lowest BCUT2D eigenvalue weighted by molar-refractivity contribution is -0.141. The molecule has 0 unspecified atom stereocenters. The lowest BCUT2D eigenvalue weighted by Gasteiger charge is -2.11. The van der Waals surface area contributed by atoms with Crippen LogP contribution in [-0.2, 0) is 6.18 Å². The quantitative estimate of drug-likeness (QED) is 0.586. The molecule has 1 aromatic rings. The lowest BCUT2D eigenvalue weighted by Crippen LogP contribution is -2.12. The molecule has 0 saturated carbocycles. The summed E-state index contributed by atoms with van der Waals surface area (Å²) in [5.41, 5.74) is -3.18. The summed E-state index contributed by atoms with van der Waals surface area (Å²) in [6.07, 6.45) is -7.91. The van der Waals surface area contributed by atoms with Crippen LogP contribution in [-0.4, -0.2) is 11.3 Å². The van der Waals surface area contributed by atoms with Gasteiger partial charge in [-0.2, -0.15) is 13.2 Å². The van der Waals surface area contributed by atoms with Crippen molar-refractivity contribution in [2.75, 3.05) is 0 Å². The first kappa shape index (κ1) is 12.5. The van der Waals surface area contributed by atoms with Crippen molar-refractivity contribution in [3.8, 4) is 0 Å². The predicted molar refractivity (Wildman–Crippen MR) is 44.3 cm³/mol. The zero-order chi connectivity index (χ0) is 12.5. The van der Waals surface area contributed by atoms with Crippen LogP contribution in [0.3, 0.4) is 0 Å². The molecule has 0 aliphatic rings. The Hall–Kier alpha value is -1.53. The largest absolute Gasteiger partial charge is 0.433 e. The van der Waals surface area contributed by atoms with Crippen LogP contribution in [0.2, 0.25) is 0 Å². The molecule has 0 atom stereocenters. The minimum Gasteiger partial charge on any atom is -0.296 e. The number of hydrogen-bond acceptors (Lipinski definition) is 2. The standard InChI is InChI=1S/C9H6F5NO/c1-4-5(8(10)11)2-7(9(12,13)14)15-6(4)3-16/h2-3,8H,1H3. The third-order valence-electron chi connectivity index (χ3n) is 1.99. The van der Waals surface area contributed by atoms with E-state index in [1.807, 2.05) is 0 Å². The molecule has 0 N–H and O–H groups in total. The zero-order valence-corrected chi connectivity index (χ0v) is 7.98. The molecular weight excluding hydrogens is 233 g/mol. The Balaban J connectivity index is 3.46. The molecule has 1 rings (SSSR count). The lowest BCUT2D eigenvalue weighted by atomic mass is 10.1. The Bertz CT molecular complexity index is 413. The average molecular weight is 239 g/mol. The van der Waals surface area contributed by atoms with E-state index in [9.17, 15) is 26.7 Å². The smallest absolute Gasteiger partial charge is 0.296 e. The van der Waals surface area contributed by atoms with E-state index in [2.05, 4.69) is 4.98 Å². The number of carbonyl (C=O) groups is 1. The first-order valence-electron chi connectivity index (χ1n) is 4.09. The van der Waals surface area contributed by atoms with Gasteiger partial charge in [0.05, 0.1) is 0 Å². The highest BCUT2D eigenvalue weighted by atomic mass is 19.4. The van der Waals surface area contributed by atoms with Gasteiger partial charge in [-0.25, -0.2) is 13.8 Å². The van der Waals surface area contributed by atoms with Crippen molar-refractivity contribution in [2.24, 2.45) is 0 Å². The second-order valence-corrected chi connectivity index (χ2v) is 3.02. The van der Waals surface area contributed by atoms with E-state index in [1.54, 1.807) is 0 Å². The van der Waals surface area contributed by atoms with Crippen LogP contribution in [0.5, 0.6) is 0 Å². The molecule has 7 heteroatoms. The van der Waals surface area contributed by atoms with Gasteiger partial charge in [-0.15, -0.1) is 0 Å². The molecule has 0 amide bonds. The second kappa shape index (κ2) is 4.15. The van der Waals surface area contributed by atoms with Crippen molar-refractivity contribution in [1.82, 2.24) is 4.98 Å². The fraction of sp³-hybridized carbons (Fsp3) is 0.333. The molecule has 88 valence electrons. The maximum atomic E-state index is 12.4. The summed E-state index contributed by atoms with van der Waals surface area (Å²) < 4.78 is 61.6. The molecule has 0 aromatic carbocycles. The number of hydrogen-bond donors (Lipinski definition) is 0. The Morgan fingerprint density at radius 3 is 2.31 bits per heavy atom. The van der Waals surface area contributed by atoms with Crippen molar-refractivity contribution in [1.29, 1.82) is 0 Å². The third kappa shape index (κ3) is 2.34. The van der Waals surface area contributed by atoms with Crippen LogP contribution in [0.4, 0.5) is 22.0 Å². The van der Waals surface area contributed by atoms with Gasteiger partial charge >= 0.3 is 6.18 Å². The number of aromatic nitrogens is 1. The molecule has 0 fully saturated rings. The first-order valence-corrected chi connectivity index (χ1v) is 4.09. The van der Waals surface area contributed by atoms with Gasteiger partial charge in [-0.05, 0) is 18.6 Å². The Morgan fingerprint density at radius 1 is 1.38 bits per heavy atom. The van der Waals surface area contributed by atoms with Gasteiger partial charge in [0, 0.05) is 5.56 Å². The van der Waals surface area contributed by atoms with Crippen molar-refractivity contribution in [3.05, 3.63) is 28.6 Å². The van der Waals surface area contributed by atoms with Gasteiger partial charge in [0.25, 0.3) is 6.43 Å². The number of rotatable bonds is 2. The van der Waals surface area contributed by atoms with Gasteiger partial charge < -0.3 is 0 Å². The van der Waals surface area contributed by atoms with Crippen LogP contribution < -0.4 is 0 Å². The van der Waals surface area contributed by atoms with Gasteiger partial charge in [-0.1, -0.05) is 0 Å². The molecule has 16 heavy (non-hydrogen) atoms. The molecule has 1 aromatic heterocycles. The van der Waals surface area contributed by atoms with Gasteiger partial charge in [0.1, 0.15) is 11.4 Å². The number of pyridine rings is 1. The fourth-order valence-electron chi connectivity index (χ4n) is 1.14. The zero-order valence-electron chi connectivity index (χ0n) is 7.98. The topological polar surface area (TPSA) is 30.0 Å². The molecule has 2 nitrogen and oxygen atoms in total.